The van der Waals surface area contributed by atoms with Gasteiger partial charge in [0.1, 0.15) is 11.5 Å². The highest BCUT2D eigenvalue weighted by atomic mass is 35.5. The molecule has 0 fully saturated rings. The van der Waals surface area contributed by atoms with E-state index in [4.69, 9.17) is 26.1 Å². The summed E-state index contributed by atoms with van der Waals surface area (Å²) in [6.07, 6.45) is 0.837. The zero-order valence-corrected chi connectivity index (χ0v) is 15.8. The van der Waals surface area contributed by atoms with Gasteiger partial charge in [0.25, 0.3) is 0 Å². The molecule has 0 radical (unpaired) electrons. The summed E-state index contributed by atoms with van der Waals surface area (Å²) in [6, 6.07) is 10.5. The molecule has 2 aromatic rings. The molecule has 0 aliphatic heterocycles. The summed E-state index contributed by atoms with van der Waals surface area (Å²) in [6.45, 7) is 4.14. The van der Waals surface area contributed by atoms with Gasteiger partial charge in [-0.2, -0.15) is 0 Å². The molecule has 0 saturated heterocycles. The van der Waals surface area contributed by atoms with E-state index in [9.17, 15) is 9.67 Å². The Morgan fingerprint density at radius 1 is 1.20 bits per heavy atom. The number of phenolic OH excluding ortho intramolecular Hbond substituents is 1. The largest absolute Gasteiger partial charge is 0.508 e. The molecule has 0 spiro atoms. The minimum Gasteiger partial charge on any atom is -0.508 e. The Labute approximate surface area is 152 Å². The summed E-state index contributed by atoms with van der Waals surface area (Å²) in [5, 5.41) is 10.5. The lowest BCUT2D eigenvalue weighted by molar-refractivity contribution is 0.300. The number of benzene rings is 2. The van der Waals surface area contributed by atoms with E-state index < -0.39 is 13.9 Å². The fourth-order valence-corrected chi connectivity index (χ4v) is 3.02. The van der Waals surface area contributed by atoms with Crippen molar-refractivity contribution >= 4 is 19.2 Å². The number of rotatable bonds is 7. The van der Waals surface area contributed by atoms with Crippen LogP contribution in [0.3, 0.4) is 0 Å². The third-order valence-corrected chi connectivity index (χ3v) is 4.87. The molecule has 5 nitrogen and oxygen atoms in total. The number of phenols is 1. The van der Waals surface area contributed by atoms with Crippen LogP contribution in [0, 0.1) is 0 Å². The molecule has 0 saturated carbocycles. The molecule has 0 aliphatic rings. The second-order valence-electron chi connectivity index (χ2n) is 6.07. The first-order valence-corrected chi connectivity index (χ1v) is 10.1. The van der Waals surface area contributed by atoms with Crippen molar-refractivity contribution in [2.75, 3.05) is 6.35 Å². The van der Waals surface area contributed by atoms with Gasteiger partial charge in [0.05, 0.1) is 0 Å². The maximum Gasteiger partial charge on any atom is 0.362 e. The molecule has 1 unspecified atom stereocenters. The van der Waals surface area contributed by atoms with Crippen molar-refractivity contribution in [1.82, 2.24) is 0 Å². The van der Waals surface area contributed by atoms with Crippen LogP contribution in [0.15, 0.2) is 36.4 Å². The molecular formula is C18H22ClO5P. The van der Waals surface area contributed by atoms with Crippen LogP contribution in [0.5, 0.6) is 11.5 Å². The summed E-state index contributed by atoms with van der Waals surface area (Å²) in [4.78, 5) is 17.7. The first kappa shape index (κ1) is 19.8. The number of ether oxygens (including phenoxy) is 1. The lowest BCUT2D eigenvalue weighted by Gasteiger charge is -2.14. The summed E-state index contributed by atoms with van der Waals surface area (Å²) in [7, 11) is -4.22. The average molecular weight is 385 g/mol. The van der Waals surface area contributed by atoms with Crippen molar-refractivity contribution in [3.05, 3.63) is 58.1 Å². The molecule has 0 bridgehead atoms. The molecule has 2 rings (SSSR count). The Kier molecular flexibility index (Phi) is 6.53. The van der Waals surface area contributed by atoms with Gasteiger partial charge in [0.15, 0.2) is 6.35 Å². The van der Waals surface area contributed by atoms with Gasteiger partial charge in [0, 0.05) is 5.02 Å². The van der Waals surface area contributed by atoms with Gasteiger partial charge in [-0.25, -0.2) is 0 Å². The van der Waals surface area contributed by atoms with Crippen LogP contribution >= 0.6 is 19.2 Å². The number of halogens is 1. The standard InChI is InChI=1S/C18H22ClO5P/c1-3-12(2)16-9-13(4-7-18(16)20)8-14-5-6-15(10-17(14)19)24-11-25(21,22)23/h4-7,9-10,12,20H,3,8,11H2,1-2H3,(H2,21,22,23). The van der Waals surface area contributed by atoms with Gasteiger partial charge in [-0.1, -0.05) is 43.6 Å². The van der Waals surface area contributed by atoms with Crippen molar-refractivity contribution in [3.63, 3.8) is 0 Å². The van der Waals surface area contributed by atoms with Gasteiger partial charge in [0.2, 0.25) is 0 Å². The third kappa shape index (κ3) is 5.75. The van der Waals surface area contributed by atoms with Gasteiger partial charge in [-0.15, -0.1) is 0 Å². The normalized spacial score (nSPS) is 12.8. The van der Waals surface area contributed by atoms with Gasteiger partial charge >= 0.3 is 7.60 Å². The summed E-state index contributed by atoms with van der Waals surface area (Å²) in [5.41, 5.74) is 2.81. The quantitative estimate of drug-likeness (QED) is 0.604. The van der Waals surface area contributed by atoms with Crippen LogP contribution < -0.4 is 4.74 Å². The van der Waals surface area contributed by atoms with E-state index in [0.717, 1.165) is 23.1 Å². The molecule has 3 N–H and O–H groups in total. The molecule has 7 heteroatoms. The Morgan fingerprint density at radius 3 is 2.52 bits per heavy atom. The lowest BCUT2D eigenvalue weighted by atomic mass is 9.94. The minimum atomic E-state index is -4.22. The molecule has 0 aromatic heterocycles. The zero-order chi connectivity index (χ0) is 18.6. The van der Waals surface area contributed by atoms with Gasteiger partial charge in [-0.05, 0) is 53.6 Å². The first-order chi connectivity index (χ1) is 11.7. The second-order valence-corrected chi connectivity index (χ2v) is 8.07. The van der Waals surface area contributed by atoms with Crippen molar-refractivity contribution in [2.45, 2.75) is 32.6 Å². The van der Waals surface area contributed by atoms with Crippen molar-refractivity contribution in [1.29, 1.82) is 0 Å². The van der Waals surface area contributed by atoms with E-state index in [-0.39, 0.29) is 5.92 Å². The fraction of sp³-hybridized carbons (Fsp3) is 0.333. The van der Waals surface area contributed by atoms with E-state index >= 15 is 0 Å². The Bertz CT molecular complexity index is 787. The first-order valence-electron chi connectivity index (χ1n) is 7.97. The SMILES string of the molecule is CCC(C)c1cc(Cc2ccc(OCP(=O)(O)O)cc2Cl)ccc1O. The van der Waals surface area contributed by atoms with E-state index in [1.165, 1.54) is 0 Å². The van der Waals surface area contributed by atoms with Crippen LogP contribution in [-0.2, 0) is 11.0 Å². The fourth-order valence-electron chi connectivity index (χ4n) is 2.47. The van der Waals surface area contributed by atoms with Crippen molar-refractivity contribution < 1.29 is 24.2 Å². The summed E-state index contributed by atoms with van der Waals surface area (Å²) in [5.74, 6) is 0.868. The smallest absolute Gasteiger partial charge is 0.362 e. The van der Waals surface area contributed by atoms with Crippen LogP contribution in [0.1, 0.15) is 42.9 Å². The predicted molar refractivity (Wildman–Crippen MR) is 98.6 cm³/mol. The molecule has 0 aliphatic carbocycles. The maximum absolute atomic E-state index is 10.9. The Hall–Kier alpha value is -1.52. The second kappa shape index (κ2) is 8.24. The van der Waals surface area contributed by atoms with Crippen LogP contribution in [0.2, 0.25) is 5.02 Å². The minimum absolute atomic E-state index is 0.263. The monoisotopic (exact) mass is 384 g/mol. The van der Waals surface area contributed by atoms with E-state index in [1.54, 1.807) is 24.3 Å². The van der Waals surface area contributed by atoms with Crippen molar-refractivity contribution in [2.24, 2.45) is 0 Å². The lowest BCUT2D eigenvalue weighted by Crippen LogP contribution is -1.99. The van der Waals surface area contributed by atoms with Gasteiger partial charge in [-0.3, -0.25) is 4.57 Å². The topological polar surface area (TPSA) is 87.0 Å². The van der Waals surface area contributed by atoms with E-state index in [2.05, 4.69) is 13.8 Å². The molecular weight excluding hydrogens is 363 g/mol. The van der Waals surface area contributed by atoms with E-state index in [0.29, 0.717) is 22.9 Å². The summed E-state index contributed by atoms with van der Waals surface area (Å²) < 4.78 is 15.9. The molecule has 25 heavy (non-hydrogen) atoms. The molecule has 0 amide bonds. The van der Waals surface area contributed by atoms with Crippen molar-refractivity contribution in [3.8, 4) is 11.5 Å². The molecule has 2 aromatic carbocycles. The van der Waals surface area contributed by atoms with Crippen LogP contribution in [-0.4, -0.2) is 21.2 Å². The Morgan fingerprint density at radius 2 is 1.92 bits per heavy atom. The van der Waals surface area contributed by atoms with E-state index in [1.807, 2.05) is 12.1 Å². The highest BCUT2D eigenvalue weighted by molar-refractivity contribution is 7.51. The maximum atomic E-state index is 10.9. The predicted octanol–water partition coefficient (Wildman–Crippen LogP) is 4.66. The third-order valence-electron chi connectivity index (χ3n) is 4.05. The number of hydrogen-bond acceptors (Lipinski definition) is 3. The zero-order valence-electron chi connectivity index (χ0n) is 14.1. The molecule has 1 atom stereocenters. The number of hydrogen-bond donors (Lipinski definition) is 3. The highest BCUT2D eigenvalue weighted by Gasteiger charge is 2.15. The summed E-state index contributed by atoms with van der Waals surface area (Å²) >= 11 is 6.27. The molecule has 136 valence electrons. The highest BCUT2D eigenvalue weighted by Crippen LogP contribution is 2.35. The number of aromatic hydroxyl groups is 1. The molecule has 0 heterocycles. The Balaban J connectivity index is 2.16. The van der Waals surface area contributed by atoms with Crippen LogP contribution in [0.4, 0.5) is 0 Å². The van der Waals surface area contributed by atoms with Gasteiger partial charge < -0.3 is 19.6 Å². The average Bonchev–Trinajstić information content (AvgIpc) is 2.55. The van der Waals surface area contributed by atoms with Crippen LogP contribution in [0.25, 0.3) is 0 Å².